The number of epoxide rings is 2. The maximum atomic E-state index is 6.96. The van der Waals surface area contributed by atoms with E-state index in [0.717, 1.165) is 0 Å². The summed E-state index contributed by atoms with van der Waals surface area (Å²) in [5, 5.41) is 0.335. The van der Waals surface area contributed by atoms with Crippen LogP contribution >= 0.6 is 69.6 Å². The van der Waals surface area contributed by atoms with Crippen molar-refractivity contribution in [2.24, 2.45) is 5.41 Å². The van der Waals surface area contributed by atoms with Gasteiger partial charge in [0.2, 0.25) is 0 Å². The number of alkyl halides is 4. The van der Waals surface area contributed by atoms with Crippen LogP contribution in [0.2, 0.25) is 0 Å². The molecular formula is C15H16Cl6O4. The minimum atomic E-state index is -1.60. The number of rotatable bonds is 8. The summed E-state index contributed by atoms with van der Waals surface area (Å²) in [4.78, 5) is -2.71. The zero-order chi connectivity index (χ0) is 18.1. The highest BCUT2D eigenvalue weighted by Gasteiger charge is 2.83. The van der Waals surface area contributed by atoms with Crippen molar-refractivity contribution in [3.8, 4) is 0 Å². The Labute approximate surface area is 175 Å². The molecule has 3 fully saturated rings. The highest BCUT2D eigenvalue weighted by atomic mass is 35.5. The van der Waals surface area contributed by atoms with E-state index < -0.39 is 19.5 Å². The lowest BCUT2D eigenvalue weighted by Crippen LogP contribution is -2.53. The van der Waals surface area contributed by atoms with E-state index in [-0.39, 0.29) is 41.9 Å². The van der Waals surface area contributed by atoms with Gasteiger partial charge in [-0.3, -0.25) is 0 Å². The van der Waals surface area contributed by atoms with Crippen molar-refractivity contribution in [3.05, 3.63) is 10.1 Å². The Morgan fingerprint density at radius 3 is 1.72 bits per heavy atom. The first-order valence-corrected chi connectivity index (χ1v) is 10.2. The van der Waals surface area contributed by atoms with Crippen molar-refractivity contribution < 1.29 is 18.9 Å². The van der Waals surface area contributed by atoms with Crippen molar-refractivity contribution in [2.45, 2.75) is 32.7 Å². The molecule has 2 saturated heterocycles. The average molecular weight is 473 g/mol. The molecule has 2 aliphatic carbocycles. The summed E-state index contributed by atoms with van der Waals surface area (Å²) in [6, 6.07) is 0. The van der Waals surface area contributed by atoms with Crippen LogP contribution in [0.3, 0.4) is 0 Å². The Morgan fingerprint density at radius 1 is 0.880 bits per heavy atom. The maximum absolute atomic E-state index is 6.96. The molecule has 4 atom stereocenters. The van der Waals surface area contributed by atoms with Gasteiger partial charge in [-0.1, -0.05) is 46.4 Å². The quantitative estimate of drug-likeness (QED) is 0.395. The second-order valence-corrected chi connectivity index (χ2v) is 10.4. The number of fused-ring (bicyclic) bond motifs is 2. The molecule has 1 saturated carbocycles. The zero-order valence-electron chi connectivity index (χ0n) is 13.0. The molecule has 25 heavy (non-hydrogen) atoms. The van der Waals surface area contributed by atoms with Gasteiger partial charge < -0.3 is 18.9 Å². The van der Waals surface area contributed by atoms with Crippen LogP contribution in [0.15, 0.2) is 10.1 Å². The van der Waals surface area contributed by atoms with Crippen LogP contribution in [0.4, 0.5) is 0 Å². The van der Waals surface area contributed by atoms with Crippen molar-refractivity contribution in [3.63, 3.8) is 0 Å². The second-order valence-electron chi connectivity index (χ2n) is 7.06. The highest BCUT2D eigenvalue weighted by molar-refractivity contribution is 6.65. The molecule has 0 spiro atoms. The van der Waals surface area contributed by atoms with Gasteiger partial charge in [-0.05, 0) is 6.42 Å². The predicted octanol–water partition coefficient (Wildman–Crippen LogP) is 4.04. The molecule has 2 bridgehead atoms. The van der Waals surface area contributed by atoms with Gasteiger partial charge in [-0.15, -0.1) is 23.2 Å². The Kier molecular flexibility index (Phi) is 5.04. The van der Waals surface area contributed by atoms with E-state index in [1.807, 2.05) is 0 Å². The summed E-state index contributed by atoms with van der Waals surface area (Å²) in [6.07, 6.45) is 0.502. The van der Waals surface area contributed by atoms with E-state index in [2.05, 4.69) is 0 Å². The third-order valence-corrected chi connectivity index (χ3v) is 9.61. The van der Waals surface area contributed by atoms with Crippen molar-refractivity contribution in [1.82, 2.24) is 0 Å². The topological polar surface area (TPSA) is 43.5 Å². The molecule has 0 radical (unpaired) electrons. The van der Waals surface area contributed by atoms with E-state index >= 15 is 0 Å². The minimum Gasteiger partial charge on any atom is -0.378 e. The van der Waals surface area contributed by atoms with Crippen LogP contribution in [-0.4, -0.2) is 65.9 Å². The largest absolute Gasteiger partial charge is 0.378 e. The zero-order valence-corrected chi connectivity index (χ0v) is 17.5. The van der Waals surface area contributed by atoms with Crippen LogP contribution in [-0.2, 0) is 18.9 Å². The standard InChI is InChI=1S/C15H16Cl6O4/c16-10-11(17)14(19)12(6-22-1-8-3-24-8,7-23-2-9-4-25-9)5-13(10,18)15(14,20)21/h8-9H,1-7H2. The Balaban J connectivity index is 1.62. The summed E-state index contributed by atoms with van der Waals surface area (Å²) in [5.41, 5.74) is -0.834. The van der Waals surface area contributed by atoms with Gasteiger partial charge in [-0.25, -0.2) is 0 Å². The molecule has 0 aromatic carbocycles. The van der Waals surface area contributed by atoms with Crippen molar-refractivity contribution in [1.29, 1.82) is 0 Å². The molecule has 4 rings (SSSR count). The first kappa shape index (κ1) is 19.6. The smallest absolute Gasteiger partial charge is 0.167 e. The van der Waals surface area contributed by atoms with Gasteiger partial charge in [0.05, 0.1) is 49.7 Å². The molecule has 4 aliphatic rings. The SMILES string of the molecule is ClC1=C(Cl)C2(Cl)C(COCC3CO3)(COCC3CO3)CC1(Cl)C2(Cl)Cl. The monoisotopic (exact) mass is 470 g/mol. The molecule has 2 aliphatic heterocycles. The number of hydrogen-bond donors (Lipinski definition) is 0. The van der Waals surface area contributed by atoms with E-state index in [1.54, 1.807) is 0 Å². The van der Waals surface area contributed by atoms with Crippen LogP contribution in [0.5, 0.6) is 0 Å². The molecule has 0 amide bonds. The fourth-order valence-corrected chi connectivity index (χ4v) is 6.69. The molecule has 0 aromatic heterocycles. The summed E-state index contributed by atoms with van der Waals surface area (Å²) in [7, 11) is 0. The molecule has 4 unspecified atom stereocenters. The molecular weight excluding hydrogens is 457 g/mol. The van der Waals surface area contributed by atoms with Gasteiger partial charge in [0.15, 0.2) is 4.33 Å². The van der Waals surface area contributed by atoms with E-state index in [4.69, 9.17) is 88.6 Å². The van der Waals surface area contributed by atoms with E-state index in [1.165, 1.54) is 0 Å². The van der Waals surface area contributed by atoms with E-state index in [9.17, 15) is 0 Å². The fourth-order valence-electron chi connectivity index (χ4n) is 3.66. The molecule has 142 valence electrons. The average Bonchev–Trinajstić information content (AvgIpc) is 3.44. The third-order valence-electron chi connectivity index (χ3n) is 5.26. The number of halogens is 6. The number of hydrogen-bond acceptors (Lipinski definition) is 4. The van der Waals surface area contributed by atoms with Crippen LogP contribution in [0, 0.1) is 5.41 Å². The minimum absolute atomic E-state index is 0.110. The third kappa shape index (κ3) is 2.78. The molecule has 10 heteroatoms. The Bertz CT molecular complexity index is 587. The van der Waals surface area contributed by atoms with Gasteiger partial charge in [0.25, 0.3) is 0 Å². The van der Waals surface area contributed by atoms with Crippen molar-refractivity contribution >= 4 is 69.6 Å². The molecule has 0 aromatic rings. The summed E-state index contributed by atoms with van der Waals surface area (Å²) < 4.78 is 20.4. The van der Waals surface area contributed by atoms with Crippen LogP contribution < -0.4 is 0 Å². The first-order chi connectivity index (χ1) is 11.7. The van der Waals surface area contributed by atoms with Gasteiger partial charge in [0.1, 0.15) is 22.0 Å². The highest BCUT2D eigenvalue weighted by Crippen LogP contribution is 2.78. The van der Waals surface area contributed by atoms with Gasteiger partial charge >= 0.3 is 0 Å². The summed E-state index contributed by atoms with van der Waals surface area (Å²) in [5.74, 6) is 0. The normalized spacial score (nSPS) is 46.8. The van der Waals surface area contributed by atoms with Crippen LogP contribution in [0.25, 0.3) is 0 Å². The Morgan fingerprint density at radius 2 is 1.36 bits per heavy atom. The molecule has 0 N–H and O–H groups in total. The number of ether oxygens (including phenoxy) is 4. The van der Waals surface area contributed by atoms with E-state index in [0.29, 0.717) is 26.4 Å². The van der Waals surface area contributed by atoms with Crippen LogP contribution in [0.1, 0.15) is 6.42 Å². The van der Waals surface area contributed by atoms with Gasteiger partial charge in [-0.2, -0.15) is 0 Å². The Hall–Kier alpha value is 1.32. The lowest BCUT2D eigenvalue weighted by atomic mass is 9.76. The first-order valence-electron chi connectivity index (χ1n) is 7.88. The molecule has 2 heterocycles. The maximum Gasteiger partial charge on any atom is 0.167 e. The fraction of sp³-hybridized carbons (Fsp3) is 0.867. The lowest BCUT2D eigenvalue weighted by Gasteiger charge is -2.43. The summed E-state index contributed by atoms with van der Waals surface area (Å²) in [6.45, 7) is 2.71. The second kappa shape index (κ2) is 6.41. The lowest BCUT2D eigenvalue weighted by molar-refractivity contribution is -0.0371. The molecule has 4 nitrogen and oxygen atoms in total. The number of allylic oxidation sites excluding steroid dienone is 2. The predicted molar refractivity (Wildman–Crippen MR) is 98.5 cm³/mol. The van der Waals surface area contributed by atoms with Gasteiger partial charge in [0, 0.05) is 5.41 Å². The van der Waals surface area contributed by atoms with Crippen molar-refractivity contribution in [2.75, 3.05) is 39.6 Å². The summed E-state index contributed by atoms with van der Waals surface area (Å²) >= 11 is 39.7.